The maximum Gasteiger partial charge on any atom is 0.0715 e. The summed E-state index contributed by atoms with van der Waals surface area (Å²) in [5, 5.41) is 3.45. The van der Waals surface area contributed by atoms with E-state index in [2.05, 4.69) is 57.3 Å². The van der Waals surface area contributed by atoms with Gasteiger partial charge < -0.3 is 10.1 Å². The third-order valence-corrected chi connectivity index (χ3v) is 2.72. The summed E-state index contributed by atoms with van der Waals surface area (Å²) in [5.41, 5.74) is 2.72. The molecule has 1 atom stereocenters. The number of hydrogen-bond acceptors (Lipinski definition) is 2. The van der Waals surface area contributed by atoms with Crippen molar-refractivity contribution in [2.45, 2.75) is 39.2 Å². The zero-order valence-electron chi connectivity index (χ0n) is 11.0. The van der Waals surface area contributed by atoms with Gasteiger partial charge in [0.15, 0.2) is 0 Å². The summed E-state index contributed by atoms with van der Waals surface area (Å²) in [7, 11) is 1.74. The smallest absolute Gasteiger partial charge is 0.0715 e. The van der Waals surface area contributed by atoms with Crippen LogP contribution in [0.15, 0.2) is 24.3 Å². The predicted octanol–water partition coefficient (Wildman–Crippen LogP) is 3.43. The molecule has 0 saturated carbocycles. The molecule has 1 aromatic carbocycles. The molecule has 0 spiro atoms. The highest BCUT2D eigenvalue weighted by Gasteiger charge is 2.17. The van der Waals surface area contributed by atoms with E-state index >= 15 is 0 Å². The monoisotopic (exact) mass is 221 g/mol. The highest BCUT2D eigenvalue weighted by Crippen LogP contribution is 2.29. The van der Waals surface area contributed by atoms with E-state index in [0.29, 0.717) is 0 Å². The highest BCUT2D eigenvalue weighted by atomic mass is 16.5. The second kappa shape index (κ2) is 5.35. The van der Waals surface area contributed by atoms with Gasteiger partial charge in [-0.1, -0.05) is 39.0 Å². The van der Waals surface area contributed by atoms with Gasteiger partial charge in [0.1, 0.15) is 0 Å². The molecule has 0 saturated heterocycles. The first-order valence-electron chi connectivity index (χ1n) is 5.81. The summed E-state index contributed by atoms with van der Waals surface area (Å²) in [4.78, 5) is 0. The summed E-state index contributed by atoms with van der Waals surface area (Å²) < 4.78 is 5.23. The third-order valence-electron chi connectivity index (χ3n) is 2.72. The molecular weight excluding hydrogens is 198 g/mol. The molecule has 0 fully saturated rings. The Morgan fingerprint density at radius 2 is 1.88 bits per heavy atom. The van der Waals surface area contributed by atoms with Crippen LogP contribution in [0.4, 0.5) is 5.69 Å². The van der Waals surface area contributed by atoms with Crippen molar-refractivity contribution in [3.63, 3.8) is 0 Å². The first-order valence-corrected chi connectivity index (χ1v) is 5.81. The van der Waals surface area contributed by atoms with Gasteiger partial charge >= 0.3 is 0 Å². The van der Waals surface area contributed by atoms with Gasteiger partial charge in [-0.25, -0.2) is 0 Å². The van der Waals surface area contributed by atoms with Gasteiger partial charge in [-0.2, -0.15) is 0 Å². The van der Waals surface area contributed by atoms with Gasteiger partial charge in [0.2, 0.25) is 0 Å². The number of methoxy groups -OCH3 is 1. The standard InChI is InChI=1S/C14H23NO/c1-11(16-5)10-15-13-9-7-6-8-12(13)14(2,3)4/h6-9,11,15H,10H2,1-5H3. The molecule has 0 amide bonds. The maximum absolute atomic E-state index is 5.23. The molecular formula is C14H23NO. The number of hydrogen-bond donors (Lipinski definition) is 1. The third kappa shape index (κ3) is 3.53. The Labute approximate surface area is 99.0 Å². The number of rotatable bonds is 4. The largest absolute Gasteiger partial charge is 0.382 e. The minimum absolute atomic E-state index is 0.167. The predicted molar refractivity (Wildman–Crippen MR) is 70.1 cm³/mol. The van der Waals surface area contributed by atoms with Crippen molar-refractivity contribution in [3.8, 4) is 0 Å². The van der Waals surface area contributed by atoms with Gasteiger partial charge in [0.05, 0.1) is 6.10 Å². The normalized spacial score (nSPS) is 13.6. The molecule has 16 heavy (non-hydrogen) atoms. The number of benzene rings is 1. The van der Waals surface area contributed by atoms with E-state index in [4.69, 9.17) is 4.74 Å². The molecule has 1 rings (SSSR count). The van der Waals surface area contributed by atoms with E-state index < -0.39 is 0 Å². The number of anilines is 1. The van der Waals surface area contributed by atoms with Crippen molar-refractivity contribution in [1.82, 2.24) is 0 Å². The van der Waals surface area contributed by atoms with Crippen molar-refractivity contribution in [1.29, 1.82) is 0 Å². The van der Waals surface area contributed by atoms with E-state index in [0.717, 1.165) is 6.54 Å². The zero-order valence-corrected chi connectivity index (χ0v) is 11.0. The van der Waals surface area contributed by atoms with Crippen LogP contribution in [0.3, 0.4) is 0 Å². The summed E-state index contributed by atoms with van der Waals surface area (Å²) in [6.07, 6.45) is 0.230. The second-order valence-corrected chi connectivity index (χ2v) is 5.22. The van der Waals surface area contributed by atoms with Gasteiger partial charge in [-0.3, -0.25) is 0 Å². The first kappa shape index (κ1) is 13.0. The highest BCUT2D eigenvalue weighted by molar-refractivity contribution is 5.54. The number of nitrogens with one attached hydrogen (secondary N) is 1. The molecule has 0 bridgehead atoms. The van der Waals surface area contributed by atoms with E-state index in [1.165, 1.54) is 11.3 Å². The van der Waals surface area contributed by atoms with E-state index in [1.54, 1.807) is 7.11 Å². The molecule has 1 N–H and O–H groups in total. The average molecular weight is 221 g/mol. The van der Waals surface area contributed by atoms with Crippen LogP contribution in [0.2, 0.25) is 0 Å². The SMILES string of the molecule is COC(C)CNc1ccccc1C(C)(C)C. The molecule has 1 unspecified atom stereocenters. The molecule has 0 aliphatic carbocycles. The Hall–Kier alpha value is -1.02. The fourth-order valence-corrected chi connectivity index (χ4v) is 1.63. The summed E-state index contributed by atoms with van der Waals surface area (Å²) in [6, 6.07) is 8.46. The topological polar surface area (TPSA) is 21.3 Å². The average Bonchev–Trinajstić information content (AvgIpc) is 2.25. The molecule has 2 heteroatoms. The Bertz CT molecular complexity index is 328. The van der Waals surface area contributed by atoms with Crippen LogP contribution in [-0.2, 0) is 10.2 Å². The lowest BCUT2D eigenvalue weighted by Crippen LogP contribution is -2.21. The fraction of sp³-hybridized carbons (Fsp3) is 0.571. The van der Waals surface area contributed by atoms with Crippen LogP contribution < -0.4 is 5.32 Å². The quantitative estimate of drug-likeness (QED) is 0.841. The summed E-state index contributed by atoms with van der Waals surface area (Å²) in [5.74, 6) is 0. The van der Waals surface area contributed by atoms with E-state index in [1.807, 2.05) is 0 Å². The molecule has 1 aromatic rings. The number of ether oxygens (including phenoxy) is 1. The molecule has 0 heterocycles. The molecule has 2 nitrogen and oxygen atoms in total. The molecule has 0 radical (unpaired) electrons. The summed E-state index contributed by atoms with van der Waals surface area (Å²) >= 11 is 0. The molecule has 0 aromatic heterocycles. The van der Waals surface area contributed by atoms with Gasteiger partial charge in [0, 0.05) is 19.3 Å². The maximum atomic E-state index is 5.23. The number of para-hydroxylation sites is 1. The Morgan fingerprint density at radius 3 is 2.44 bits per heavy atom. The van der Waals surface area contributed by atoms with Gasteiger partial charge in [0.25, 0.3) is 0 Å². The first-order chi connectivity index (χ1) is 7.45. The molecule has 0 aliphatic heterocycles. The minimum atomic E-state index is 0.167. The zero-order chi connectivity index (χ0) is 12.2. The van der Waals surface area contributed by atoms with E-state index in [9.17, 15) is 0 Å². The Morgan fingerprint density at radius 1 is 1.25 bits per heavy atom. The minimum Gasteiger partial charge on any atom is -0.382 e. The van der Waals surface area contributed by atoms with Crippen LogP contribution >= 0.6 is 0 Å². The summed E-state index contributed by atoms with van der Waals surface area (Å²) in [6.45, 7) is 9.59. The molecule has 0 aliphatic rings. The Kier molecular flexibility index (Phi) is 4.36. The van der Waals surface area contributed by atoms with Gasteiger partial charge in [-0.15, -0.1) is 0 Å². The lowest BCUT2D eigenvalue weighted by atomic mass is 9.86. The van der Waals surface area contributed by atoms with Crippen LogP contribution in [-0.4, -0.2) is 19.8 Å². The van der Waals surface area contributed by atoms with Crippen molar-refractivity contribution in [2.75, 3.05) is 19.0 Å². The van der Waals surface area contributed by atoms with Crippen LogP contribution in [0.25, 0.3) is 0 Å². The van der Waals surface area contributed by atoms with Crippen molar-refractivity contribution < 1.29 is 4.74 Å². The lowest BCUT2D eigenvalue weighted by molar-refractivity contribution is 0.129. The van der Waals surface area contributed by atoms with Crippen LogP contribution in [0.1, 0.15) is 33.3 Å². The fourth-order valence-electron chi connectivity index (χ4n) is 1.63. The van der Waals surface area contributed by atoms with Crippen molar-refractivity contribution >= 4 is 5.69 Å². The van der Waals surface area contributed by atoms with Gasteiger partial charge in [-0.05, 0) is 24.0 Å². The van der Waals surface area contributed by atoms with Crippen LogP contribution in [0, 0.1) is 0 Å². The van der Waals surface area contributed by atoms with E-state index in [-0.39, 0.29) is 11.5 Å². The second-order valence-electron chi connectivity index (χ2n) is 5.22. The van der Waals surface area contributed by atoms with Crippen LogP contribution in [0.5, 0.6) is 0 Å². The lowest BCUT2D eigenvalue weighted by Gasteiger charge is -2.24. The van der Waals surface area contributed by atoms with Crippen molar-refractivity contribution in [2.24, 2.45) is 0 Å². The van der Waals surface area contributed by atoms with Crippen molar-refractivity contribution in [3.05, 3.63) is 29.8 Å². The Balaban J connectivity index is 2.80. The molecule has 90 valence electrons.